The van der Waals surface area contributed by atoms with Crippen LogP contribution in [0.25, 0.3) is 0 Å². The Labute approximate surface area is 134 Å². The first-order chi connectivity index (χ1) is 10.1. The first-order valence-electron chi connectivity index (χ1n) is 6.91. The molecule has 1 saturated heterocycles. The molecule has 2 atom stereocenters. The van der Waals surface area contributed by atoms with Gasteiger partial charge < -0.3 is 14.9 Å². The number of β-lactam (4-membered cyclic amide) rings is 1. The maximum atomic E-state index is 12.5. The molecule has 0 radical (unpaired) electrons. The van der Waals surface area contributed by atoms with Gasteiger partial charge in [-0.25, -0.2) is 4.79 Å². The Morgan fingerprint density at radius 2 is 2.05 bits per heavy atom. The minimum absolute atomic E-state index is 0.0236. The Hall–Kier alpha value is -1.32. The number of nitrogens with two attached hydrogens (primary N) is 1. The summed E-state index contributed by atoms with van der Waals surface area (Å²) in [7, 11) is -2.11. The van der Waals surface area contributed by atoms with Crippen LogP contribution in [0, 0.1) is 0 Å². The summed E-state index contributed by atoms with van der Waals surface area (Å²) < 4.78 is 10.5. The molecule has 2 aliphatic heterocycles. The fourth-order valence-electron chi connectivity index (χ4n) is 2.19. The molecule has 2 rings (SSSR count). The standard InChI is InChI=1S/C13H20N2O5SSi/c1-7(16)19-5-8-6-21-12-9(14)11(17)15(12)10(8)13(18)20-22(2,3)4/h9,12H,5-6,14H2,1-4H3/t9?,12-/m0/s1. The van der Waals surface area contributed by atoms with Crippen LogP contribution in [0.1, 0.15) is 6.92 Å². The Bertz CT molecular complexity index is 557. The van der Waals surface area contributed by atoms with Gasteiger partial charge in [0.05, 0.1) is 0 Å². The molecular weight excluding hydrogens is 324 g/mol. The van der Waals surface area contributed by atoms with Crippen LogP contribution in [-0.2, 0) is 23.5 Å². The molecule has 1 unspecified atom stereocenters. The van der Waals surface area contributed by atoms with E-state index in [2.05, 4.69) is 0 Å². The van der Waals surface area contributed by atoms with Crippen molar-refractivity contribution in [1.82, 2.24) is 4.90 Å². The number of carbonyl (C=O) groups is 3. The highest BCUT2D eigenvalue weighted by atomic mass is 32.2. The van der Waals surface area contributed by atoms with Gasteiger partial charge in [-0.05, 0) is 19.6 Å². The smallest absolute Gasteiger partial charge is 0.341 e. The van der Waals surface area contributed by atoms with E-state index >= 15 is 0 Å². The van der Waals surface area contributed by atoms with Crippen LogP contribution < -0.4 is 5.73 Å². The highest BCUT2D eigenvalue weighted by Gasteiger charge is 2.52. The van der Waals surface area contributed by atoms with Crippen molar-refractivity contribution < 1.29 is 23.5 Å². The third-order valence-electron chi connectivity index (χ3n) is 3.13. The molecular formula is C13H20N2O5SSi. The van der Waals surface area contributed by atoms with Crippen molar-refractivity contribution in [2.75, 3.05) is 12.4 Å². The van der Waals surface area contributed by atoms with Crippen molar-refractivity contribution >= 4 is 37.9 Å². The number of carbonyl (C=O) groups excluding carboxylic acids is 3. The summed E-state index contributed by atoms with van der Waals surface area (Å²) in [5, 5.41) is -0.252. The highest BCUT2D eigenvalue weighted by molar-refractivity contribution is 8.00. The van der Waals surface area contributed by atoms with Crippen molar-refractivity contribution in [3.63, 3.8) is 0 Å². The molecule has 2 N–H and O–H groups in total. The van der Waals surface area contributed by atoms with Crippen molar-refractivity contribution in [3.8, 4) is 0 Å². The van der Waals surface area contributed by atoms with E-state index in [9.17, 15) is 14.4 Å². The number of esters is 1. The van der Waals surface area contributed by atoms with E-state index in [1.165, 1.54) is 23.6 Å². The van der Waals surface area contributed by atoms with E-state index in [1.54, 1.807) is 0 Å². The second-order valence-corrected chi connectivity index (χ2v) is 11.7. The summed E-state index contributed by atoms with van der Waals surface area (Å²) in [5.74, 6) is -0.804. The average Bonchev–Trinajstić information content (AvgIpc) is 2.41. The van der Waals surface area contributed by atoms with Gasteiger partial charge in [0.25, 0.3) is 0 Å². The minimum Gasteiger partial charge on any atom is -0.515 e. The number of fused-ring (bicyclic) bond motifs is 1. The van der Waals surface area contributed by atoms with E-state index < -0.39 is 26.3 Å². The Kier molecular flexibility index (Phi) is 4.69. The number of hydrogen-bond donors (Lipinski definition) is 1. The van der Waals surface area contributed by atoms with Gasteiger partial charge in [0.1, 0.15) is 23.7 Å². The van der Waals surface area contributed by atoms with Crippen LogP contribution in [-0.4, -0.2) is 54.8 Å². The predicted molar refractivity (Wildman–Crippen MR) is 84.2 cm³/mol. The minimum atomic E-state index is -2.11. The van der Waals surface area contributed by atoms with Crippen molar-refractivity contribution in [2.24, 2.45) is 5.73 Å². The first kappa shape index (κ1) is 17.0. The SMILES string of the molecule is CC(=O)OCC1=C(C(=O)O[Si](C)(C)C)N2C(=O)C(N)[C@@H]2SC1. The first-order valence-corrected chi connectivity index (χ1v) is 11.4. The molecule has 0 aromatic rings. The van der Waals surface area contributed by atoms with Gasteiger partial charge >= 0.3 is 11.9 Å². The van der Waals surface area contributed by atoms with Gasteiger partial charge in [-0.1, -0.05) is 0 Å². The van der Waals surface area contributed by atoms with Crippen molar-refractivity contribution in [3.05, 3.63) is 11.3 Å². The topological polar surface area (TPSA) is 98.9 Å². The lowest BCUT2D eigenvalue weighted by Crippen LogP contribution is -2.68. The second-order valence-electron chi connectivity index (χ2n) is 6.17. The number of thioether (sulfide) groups is 1. The quantitative estimate of drug-likeness (QED) is 0.448. The molecule has 7 nitrogen and oxygen atoms in total. The van der Waals surface area contributed by atoms with Gasteiger partial charge in [0.15, 0.2) is 0 Å². The lowest BCUT2D eigenvalue weighted by Gasteiger charge is -2.48. The van der Waals surface area contributed by atoms with Crippen LogP contribution in [0.4, 0.5) is 0 Å². The van der Waals surface area contributed by atoms with Crippen LogP contribution in [0.15, 0.2) is 11.3 Å². The van der Waals surface area contributed by atoms with Gasteiger partial charge in [0.2, 0.25) is 14.2 Å². The molecule has 9 heteroatoms. The molecule has 0 aromatic heterocycles. The van der Waals surface area contributed by atoms with E-state index in [1.807, 2.05) is 19.6 Å². The summed E-state index contributed by atoms with van der Waals surface area (Å²) in [5.41, 5.74) is 6.55. The van der Waals surface area contributed by atoms with E-state index in [0.717, 1.165) is 0 Å². The van der Waals surface area contributed by atoms with Crippen LogP contribution in [0.2, 0.25) is 19.6 Å². The zero-order chi connectivity index (χ0) is 16.7. The predicted octanol–water partition coefficient (Wildman–Crippen LogP) is 0.424. The van der Waals surface area contributed by atoms with Crippen molar-refractivity contribution in [2.45, 2.75) is 38.0 Å². The third-order valence-corrected chi connectivity index (χ3v) is 5.29. The summed E-state index contributed by atoms with van der Waals surface area (Å²) in [6, 6.07) is -0.602. The normalized spacial score (nSPS) is 24.6. The summed E-state index contributed by atoms with van der Waals surface area (Å²) in [6.07, 6.45) is 0. The molecule has 1 fully saturated rings. The van der Waals surface area contributed by atoms with Gasteiger partial charge in [-0.2, -0.15) is 0 Å². The monoisotopic (exact) mass is 344 g/mol. The van der Waals surface area contributed by atoms with Crippen LogP contribution >= 0.6 is 11.8 Å². The number of nitrogens with zero attached hydrogens (tertiary/aromatic N) is 1. The zero-order valence-electron chi connectivity index (χ0n) is 13.0. The summed E-state index contributed by atoms with van der Waals surface area (Å²) in [6.45, 7) is 6.93. The Balaban J connectivity index is 2.30. The zero-order valence-corrected chi connectivity index (χ0v) is 14.9. The number of ether oxygens (including phenoxy) is 1. The molecule has 0 spiro atoms. The van der Waals surface area contributed by atoms with Crippen molar-refractivity contribution in [1.29, 1.82) is 0 Å². The maximum absolute atomic E-state index is 12.5. The number of hydrogen-bond acceptors (Lipinski definition) is 7. The van der Waals surface area contributed by atoms with E-state index in [0.29, 0.717) is 11.3 Å². The molecule has 0 aliphatic carbocycles. The molecule has 2 aliphatic rings. The van der Waals surface area contributed by atoms with E-state index in [4.69, 9.17) is 14.9 Å². The van der Waals surface area contributed by atoms with Crippen LogP contribution in [0.3, 0.4) is 0 Å². The lowest BCUT2D eigenvalue weighted by atomic mass is 10.0. The Morgan fingerprint density at radius 3 is 2.59 bits per heavy atom. The fraction of sp³-hybridized carbons (Fsp3) is 0.615. The maximum Gasteiger partial charge on any atom is 0.341 e. The summed E-state index contributed by atoms with van der Waals surface area (Å²) in [4.78, 5) is 36.9. The second kappa shape index (κ2) is 6.05. The molecule has 0 saturated carbocycles. The third kappa shape index (κ3) is 3.36. The molecule has 0 bridgehead atoms. The molecule has 0 aromatic carbocycles. The lowest BCUT2D eigenvalue weighted by molar-refractivity contribution is -0.147. The van der Waals surface area contributed by atoms with Gasteiger partial charge in [-0.3, -0.25) is 14.5 Å². The van der Waals surface area contributed by atoms with Gasteiger partial charge in [0, 0.05) is 18.2 Å². The summed E-state index contributed by atoms with van der Waals surface area (Å²) >= 11 is 1.46. The van der Waals surface area contributed by atoms with E-state index in [-0.39, 0.29) is 23.6 Å². The van der Waals surface area contributed by atoms with Gasteiger partial charge in [-0.15, -0.1) is 11.8 Å². The molecule has 122 valence electrons. The Morgan fingerprint density at radius 1 is 1.41 bits per heavy atom. The largest absolute Gasteiger partial charge is 0.515 e. The molecule has 22 heavy (non-hydrogen) atoms. The van der Waals surface area contributed by atoms with Crippen LogP contribution in [0.5, 0.6) is 0 Å². The fourth-order valence-corrected chi connectivity index (χ4v) is 4.12. The molecule has 2 heterocycles. The highest BCUT2D eigenvalue weighted by Crippen LogP contribution is 2.40. The molecule has 1 amide bonds. The number of rotatable bonds is 4. The average molecular weight is 344 g/mol. The number of amides is 1.